The van der Waals surface area contributed by atoms with Crippen LogP contribution in [0.15, 0.2) is 35.1 Å². The van der Waals surface area contributed by atoms with Crippen LogP contribution in [-0.2, 0) is 12.6 Å². The molecule has 3 rings (SSSR count). The Morgan fingerprint density at radius 2 is 1.73 bits per heavy atom. The summed E-state index contributed by atoms with van der Waals surface area (Å²) in [6.45, 7) is 5.50. The summed E-state index contributed by atoms with van der Waals surface area (Å²) in [6, 6.07) is 5.45. The maximum absolute atomic E-state index is 13.2. The van der Waals surface area contributed by atoms with Crippen molar-refractivity contribution < 1.29 is 22.8 Å². The van der Waals surface area contributed by atoms with Crippen molar-refractivity contribution in [2.75, 3.05) is 0 Å². The third-order valence-corrected chi connectivity index (χ3v) is 5.45. The van der Waals surface area contributed by atoms with Gasteiger partial charge in [-0.05, 0) is 63.4 Å². The third-order valence-electron chi connectivity index (χ3n) is 5.45. The van der Waals surface area contributed by atoms with Gasteiger partial charge in [-0.1, -0.05) is 6.92 Å². The minimum Gasteiger partial charge on any atom is -0.347 e. The average Bonchev–Trinajstić information content (AvgIpc) is 2.67. The van der Waals surface area contributed by atoms with Crippen molar-refractivity contribution in [3.63, 3.8) is 0 Å². The van der Waals surface area contributed by atoms with Crippen molar-refractivity contribution in [3.8, 4) is 5.69 Å². The van der Waals surface area contributed by atoms with E-state index in [9.17, 15) is 27.6 Å². The molecule has 1 aromatic carbocycles. The lowest BCUT2D eigenvalue weighted by molar-refractivity contribution is -0.137. The zero-order chi connectivity index (χ0) is 22.3. The van der Waals surface area contributed by atoms with Crippen molar-refractivity contribution >= 4 is 11.7 Å². The van der Waals surface area contributed by atoms with Crippen LogP contribution in [0, 0.1) is 0 Å². The number of carbonyl (C=O) groups is 2. The first-order valence-electron chi connectivity index (χ1n) is 9.77. The number of nitrogens with one attached hydrogen (secondary N) is 1. The Labute approximate surface area is 171 Å². The van der Waals surface area contributed by atoms with Crippen molar-refractivity contribution in [2.24, 2.45) is 0 Å². The number of aromatic nitrogens is 1. The molecule has 0 fully saturated rings. The van der Waals surface area contributed by atoms with Gasteiger partial charge in [0, 0.05) is 28.9 Å². The zero-order valence-electron chi connectivity index (χ0n) is 17.0. The van der Waals surface area contributed by atoms with E-state index >= 15 is 0 Å². The minimum absolute atomic E-state index is 0.184. The van der Waals surface area contributed by atoms with E-state index < -0.39 is 28.7 Å². The molecule has 0 spiro atoms. The van der Waals surface area contributed by atoms with E-state index in [1.165, 1.54) is 22.8 Å². The molecule has 0 unspecified atom stereocenters. The molecule has 8 heteroatoms. The zero-order valence-corrected chi connectivity index (χ0v) is 17.0. The van der Waals surface area contributed by atoms with Crippen LogP contribution in [0.4, 0.5) is 13.2 Å². The Bertz CT molecular complexity index is 1050. The molecular weight excluding hydrogens is 397 g/mol. The van der Waals surface area contributed by atoms with Gasteiger partial charge in [-0.3, -0.25) is 19.0 Å². The Hall–Kier alpha value is -2.90. The van der Waals surface area contributed by atoms with Crippen LogP contribution < -0.4 is 10.9 Å². The molecule has 0 bridgehead atoms. The van der Waals surface area contributed by atoms with Crippen LogP contribution in [0.5, 0.6) is 0 Å². The van der Waals surface area contributed by atoms with Crippen molar-refractivity contribution in [3.05, 3.63) is 63.1 Å². The lowest BCUT2D eigenvalue weighted by Gasteiger charge is -2.26. The molecule has 2 aromatic rings. The molecule has 1 amide bonds. The number of halogens is 3. The Kier molecular flexibility index (Phi) is 5.62. The Morgan fingerprint density at radius 3 is 2.30 bits per heavy atom. The smallest absolute Gasteiger partial charge is 0.347 e. The van der Waals surface area contributed by atoms with Crippen LogP contribution >= 0.6 is 0 Å². The average molecular weight is 420 g/mol. The number of amides is 1. The summed E-state index contributed by atoms with van der Waals surface area (Å²) in [6.07, 6.45) is -2.65. The highest BCUT2D eigenvalue weighted by Gasteiger charge is 2.31. The van der Waals surface area contributed by atoms with Gasteiger partial charge < -0.3 is 5.32 Å². The fourth-order valence-electron chi connectivity index (χ4n) is 3.39. The lowest BCUT2D eigenvalue weighted by atomic mass is 9.92. The molecule has 1 heterocycles. The van der Waals surface area contributed by atoms with E-state index in [1.54, 1.807) is 0 Å². The molecule has 1 N–H and O–H groups in total. The fourth-order valence-corrected chi connectivity index (χ4v) is 3.39. The van der Waals surface area contributed by atoms with Crippen molar-refractivity contribution in [2.45, 2.75) is 58.2 Å². The molecular formula is C22H23F3N2O3. The van der Waals surface area contributed by atoms with E-state index in [-0.39, 0.29) is 22.6 Å². The minimum atomic E-state index is -4.51. The molecule has 30 heavy (non-hydrogen) atoms. The van der Waals surface area contributed by atoms with E-state index in [0.717, 1.165) is 12.1 Å². The predicted molar refractivity (Wildman–Crippen MR) is 106 cm³/mol. The molecule has 1 aromatic heterocycles. The maximum Gasteiger partial charge on any atom is 0.416 e. The largest absolute Gasteiger partial charge is 0.416 e. The highest BCUT2D eigenvalue weighted by molar-refractivity contribution is 6.02. The van der Waals surface area contributed by atoms with Gasteiger partial charge in [-0.25, -0.2) is 0 Å². The number of nitrogens with zero attached hydrogens (tertiary/aromatic N) is 1. The maximum atomic E-state index is 13.2. The summed E-state index contributed by atoms with van der Waals surface area (Å²) >= 11 is 0. The number of carbonyl (C=O) groups excluding carboxylic acids is 2. The van der Waals surface area contributed by atoms with Gasteiger partial charge in [-0.2, -0.15) is 13.2 Å². The standard InChI is InChI=1S/C22H23F3N2O3/c1-4-21(2,3)26-19(29)16-12-15-17(6-5-7-18(15)28)27(20(16)30)14-10-8-13(9-11-14)22(23,24)25/h8-12H,4-7H2,1-3H3,(H,26,29). The SMILES string of the molecule is CCC(C)(C)NC(=O)c1cc2c(n(-c3ccc(C(F)(F)F)cc3)c1=O)CCCC2=O. The number of Topliss-reactive ketones (excluding diaryl/α,β-unsaturated/α-hetero) is 1. The van der Waals surface area contributed by atoms with E-state index in [0.29, 0.717) is 31.4 Å². The molecule has 0 atom stereocenters. The van der Waals surface area contributed by atoms with Gasteiger partial charge in [-0.15, -0.1) is 0 Å². The van der Waals surface area contributed by atoms with Gasteiger partial charge in [0.2, 0.25) is 0 Å². The molecule has 160 valence electrons. The summed E-state index contributed by atoms with van der Waals surface area (Å²) in [4.78, 5) is 38.5. The van der Waals surface area contributed by atoms with Gasteiger partial charge in [0.05, 0.1) is 5.56 Å². The number of pyridine rings is 1. The summed E-state index contributed by atoms with van der Waals surface area (Å²) in [5, 5.41) is 2.78. The van der Waals surface area contributed by atoms with E-state index in [4.69, 9.17) is 0 Å². The number of ketones is 1. The summed E-state index contributed by atoms with van der Waals surface area (Å²) in [5.74, 6) is -0.811. The topological polar surface area (TPSA) is 68.2 Å². The van der Waals surface area contributed by atoms with E-state index in [1.807, 2.05) is 20.8 Å². The quantitative estimate of drug-likeness (QED) is 0.802. The van der Waals surface area contributed by atoms with Crippen LogP contribution in [0.2, 0.25) is 0 Å². The van der Waals surface area contributed by atoms with Crippen LogP contribution in [0.3, 0.4) is 0 Å². The molecule has 5 nitrogen and oxygen atoms in total. The first kappa shape index (κ1) is 21.8. The number of hydrogen-bond donors (Lipinski definition) is 1. The van der Waals surface area contributed by atoms with Gasteiger partial charge >= 0.3 is 6.18 Å². The summed E-state index contributed by atoms with van der Waals surface area (Å²) in [7, 11) is 0. The second kappa shape index (κ2) is 7.74. The molecule has 0 saturated heterocycles. The first-order valence-corrected chi connectivity index (χ1v) is 9.77. The van der Waals surface area contributed by atoms with Crippen LogP contribution in [0.25, 0.3) is 5.69 Å². The van der Waals surface area contributed by atoms with Crippen LogP contribution in [-0.4, -0.2) is 21.8 Å². The van der Waals surface area contributed by atoms with Gasteiger partial charge in [0.15, 0.2) is 5.78 Å². The highest BCUT2D eigenvalue weighted by Crippen LogP contribution is 2.30. The fraction of sp³-hybridized carbons (Fsp3) is 0.409. The summed E-state index contributed by atoms with van der Waals surface area (Å²) in [5.41, 5.74) is -1.41. The van der Waals surface area contributed by atoms with Crippen molar-refractivity contribution in [1.29, 1.82) is 0 Å². The van der Waals surface area contributed by atoms with Gasteiger partial charge in [0.1, 0.15) is 5.56 Å². The predicted octanol–water partition coefficient (Wildman–Crippen LogP) is 4.29. The number of rotatable bonds is 4. The number of hydrogen-bond acceptors (Lipinski definition) is 3. The van der Waals surface area contributed by atoms with Crippen LogP contribution in [0.1, 0.15) is 72.0 Å². The molecule has 1 aliphatic rings. The monoisotopic (exact) mass is 420 g/mol. The van der Waals surface area contributed by atoms with E-state index in [2.05, 4.69) is 5.32 Å². The second-order valence-electron chi connectivity index (χ2n) is 8.07. The molecule has 0 aliphatic heterocycles. The number of benzene rings is 1. The molecule has 0 radical (unpaired) electrons. The normalized spacial score (nSPS) is 14.4. The Balaban J connectivity index is 2.19. The molecule has 1 aliphatic carbocycles. The second-order valence-corrected chi connectivity index (χ2v) is 8.07. The Morgan fingerprint density at radius 1 is 1.10 bits per heavy atom. The van der Waals surface area contributed by atoms with Crippen molar-refractivity contribution in [1.82, 2.24) is 9.88 Å². The highest BCUT2D eigenvalue weighted by atomic mass is 19.4. The molecule has 0 saturated carbocycles. The third kappa shape index (κ3) is 4.17. The first-order chi connectivity index (χ1) is 13.9. The lowest BCUT2D eigenvalue weighted by Crippen LogP contribution is -2.45. The van der Waals surface area contributed by atoms with Gasteiger partial charge in [0.25, 0.3) is 11.5 Å². The number of alkyl halides is 3. The number of fused-ring (bicyclic) bond motifs is 1. The summed E-state index contributed by atoms with van der Waals surface area (Å²) < 4.78 is 40.0.